The maximum atomic E-state index is 5.87. The summed E-state index contributed by atoms with van der Waals surface area (Å²) < 4.78 is 5.78. The Bertz CT molecular complexity index is 467. The Morgan fingerprint density at radius 3 is 3.00 bits per heavy atom. The van der Waals surface area contributed by atoms with Gasteiger partial charge in [-0.2, -0.15) is 0 Å². The van der Waals surface area contributed by atoms with Crippen molar-refractivity contribution >= 4 is 23.4 Å². The van der Waals surface area contributed by atoms with Crippen LogP contribution < -0.4 is 10.5 Å². The van der Waals surface area contributed by atoms with Crippen molar-refractivity contribution in [3.8, 4) is 5.75 Å². The summed E-state index contributed by atoms with van der Waals surface area (Å²) in [5.74, 6) is 0.712. The van der Waals surface area contributed by atoms with Crippen molar-refractivity contribution in [1.29, 1.82) is 0 Å². The van der Waals surface area contributed by atoms with Crippen LogP contribution in [0, 0.1) is 0 Å². The van der Waals surface area contributed by atoms with E-state index in [4.69, 9.17) is 22.1 Å². The lowest BCUT2D eigenvalue weighted by Gasteiger charge is -2.10. The SMILES string of the molecule is CN=CC(=CN)c1cnc(Cl)cc1OC1CC1. The van der Waals surface area contributed by atoms with Crippen LogP contribution in [0.3, 0.4) is 0 Å². The maximum absolute atomic E-state index is 5.87. The zero-order valence-corrected chi connectivity index (χ0v) is 10.3. The third-order valence-electron chi connectivity index (χ3n) is 2.41. The van der Waals surface area contributed by atoms with Gasteiger partial charge in [-0.25, -0.2) is 4.98 Å². The molecule has 0 spiro atoms. The van der Waals surface area contributed by atoms with Crippen LogP contribution in [-0.4, -0.2) is 24.4 Å². The predicted molar refractivity (Wildman–Crippen MR) is 69.5 cm³/mol. The molecule has 1 aliphatic rings. The van der Waals surface area contributed by atoms with Gasteiger partial charge in [-0.3, -0.25) is 4.99 Å². The number of allylic oxidation sites excluding steroid dienone is 1. The molecule has 2 rings (SSSR count). The average molecular weight is 252 g/mol. The minimum absolute atomic E-state index is 0.296. The summed E-state index contributed by atoms with van der Waals surface area (Å²) in [4.78, 5) is 8.00. The summed E-state index contributed by atoms with van der Waals surface area (Å²) in [6, 6.07) is 1.71. The quantitative estimate of drug-likeness (QED) is 0.660. The van der Waals surface area contributed by atoms with Crippen molar-refractivity contribution in [3.05, 3.63) is 29.2 Å². The Kier molecular flexibility index (Phi) is 3.64. The number of ether oxygens (including phenoxy) is 1. The second kappa shape index (κ2) is 5.19. The van der Waals surface area contributed by atoms with Crippen LogP contribution >= 0.6 is 11.6 Å². The molecule has 0 bridgehead atoms. The second-order valence-corrected chi connectivity index (χ2v) is 4.22. The van der Waals surface area contributed by atoms with Gasteiger partial charge in [-0.05, 0) is 12.8 Å². The third kappa shape index (κ3) is 2.97. The molecule has 0 saturated heterocycles. The van der Waals surface area contributed by atoms with E-state index in [1.54, 1.807) is 25.5 Å². The van der Waals surface area contributed by atoms with Gasteiger partial charge in [0.1, 0.15) is 10.9 Å². The van der Waals surface area contributed by atoms with Crippen LogP contribution in [-0.2, 0) is 0 Å². The average Bonchev–Trinajstić information content (AvgIpc) is 3.11. The van der Waals surface area contributed by atoms with Crippen molar-refractivity contribution in [1.82, 2.24) is 4.98 Å². The Balaban J connectivity index is 2.36. The molecule has 4 nitrogen and oxygen atoms in total. The molecule has 1 aromatic heterocycles. The highest BCUT2D eigenvalue weighted by Gasteiger charge is 2.25. The topological polar surface area (TPSA) is 60.5 Å². The first-order chi connectivity index (χ1) is 8.24. The van der Waals surface area contributed by atoms with Crippen molar-refractivity contribution < 1.29 is 4.74 Å². The number of nitrogens with two attached hydrogens (primary N) is 1. The molecule has 5 heteroatoms. The number of aromatic nitrogens is 1. The second-order valence-electron chi connectivity index (χ2n) is 3.83. The lowest BCUT2D eigenvalue weighted by atomic mass is 10.1. The lowest BCUT2D eigenvalue weighted by Crippen LogP contribution is -2.02. The molecule has 1 aliphatic carbocycles. The maximum Gasteiger partial charge on any atom is 0.132 e. The molecule has 1 fully saturated rings. The summed E-state index contributed by atoms with van der Waals surface area (Å²) >= 11 is 5.87. The van der Waals surface area contributed by atoms with E-state index in [2.05, 4.69) is 9.98 Å². The first-order valence-electron chi connectivity index (χ1n) is 5.41. The molecule has 0 radical (unpaired) electrons. The molecule has 0 aliphatic heterocycles. The normalized spacial score (nSPS) is 16.5. The Hall–Kier alpha value is -1.55. The van der Waals surface area contributed by atoms with E-state index >= 15 is 0 Å². The standard InChI is InChI=1S/C12H14ClN3O/c1-15-6-8(5-14)10-7-16-12(13)4-11(10)17-9-2-3-9/h4-7,9H,2-3,14H2,1H3. The number of rotatable bonds is 4. The fourth-order valence-electron chi connectivity index (χ4n) is 1.43. The van der Waals surface area contributed by atoms with Crippen LogP contribution in [0.1, 0.15) is 18.4 Å². The number of pyridine rings is 1. The fourth-order valence-corrected chi connectivity index (χ4v) is 1.58. The number of aliphatic imine (C=N–C) groups is 1. The van der Waals surface area contributed by atoms with Gasteiger partial charge < -0.3 is 10.5 Å². The van der Waals surface area contributed by atoms with E-state index in [1.165, 1.54) is 6.20 Å². The molecule has 1 saturated carbocycles. The van der Waals surface area contributed by atoms with E-state index in [0.29, 0.717) is 17.0 Å². The molecule has 0 atom stereocenters. The number of halogens is 1. The highest BCUT2D eigenvalue weighted by molar-refractivity contribution is 6.29. The van der Waals surface area contributed by atoms with Crippen LogP contribution in [0.5, 0.6) is 5.75 Å². The molecule has 17 heavy (non-hydrogen) atoms. The van der Waals surface area contributed by atoms with E-state index in [-0.39, 0.29) is 0 Å². The van der Waals surface area contributed by atoms with E-state index < -0.39 is 0 Å². The van der Waals surface area contributed by atoms with Crippen LogP contribution in [0.15, 0.2) is 23.5 Å². The van der Waals surface area contributed by atoms with Gasteiger partial charge in [0.15, 0.2) is 0 Å². The summed E-state index contributed by atoms with van der Waals surface area (Å²) in [6.45, 7) is 0. The van der Waals surface area contributed by atoms with Gasteiger partial charge >= 0.3 is 0 Å². The zero-order chi connectivity index (χ0) is 12.3. The van der Waals surface area contributed by atoms with Gasteiger partial charge in [-0.15, -0.1) is 0 Å². The van der Waals surface area contributed by atoms with Gasteiger partial charge in [0.05, 0.1) is 6.10 Å². The molecular weight excluding hydrogens is 238 g/mol. The molecule has 1 heterocycles. The van der Waals surface area contributed by atoms with Crippen LogP contribution in [0.4, 0.5) is 0 Å². The minimum atomic E-state index is 0.296. The minimum Gasteiger partial charge on any atom is -0.490 e. The van der Waals surface area contributed by atoms with Gasteiger partial charge in [0.25, 0.3) is 0 Å². The fraction of sp³-hybridized carbons (Fsp3) is 0.333. The Morgan fingerprint density at radius 1 is 1.65 bits per heavy atom. The van der Waals surface area contributed by atoms with Crippen molar-refractivity contribution in [2.45, 2.75) is 18.9 Å². The molecule has 0 unspecified atom stereocenters. The molecule has 2 N–H and O–H groups in total. The molecular formula is C12H14ClN3O. The molecule has 1 aromatic rings. The lowest BCUT2D eigenvalue weighted by molar-refractivity contribution is 0.302. The molecule has 0 amide bonds. The van der Waals surface area contributed by atoms with Crippen LogP contribution in [0.25, 0.3) is 5.57 Å². The van der Waals surface area contributed by atoms with E-state index in [1.807, 2.05) is 0 Å². The van der Waals surface area contributed by atoms with Crippen LogP contribution in [0.2, 0.25) is 5.15 Å². The molecule has 90 valence electrons. The number of hydrogen-bond donors (Lipinski definition) is 1. The smallest absolute Gasteiger partial charge is 0.132 e. The zero-order valence-electron chi connectivity index (χ0n) is 9.56. The highest BCUT2D eigenvalue weighted by atomic mass is 35.5. The van der Waals surface area contributed by atoms with Gasteiger partial charge in [0, 0.05) is 42.9 Å². The third-order valence-corrected chi connectivity index (χ3v) is 2.62. The summed E-state index contributed by atoms with van der Waals surface area (Å²) in [5, 5.41) is 0.411. The largest absolute Gasteiger partial charge is 0.490 e. The van der Waals surface area contributed by atoms with Crippen molar-refractivity contribution in [3.63, 3.8) is 0 Å². The van der Waals surface area contributed by atoms with E-state index in [0.717, 1.165) is 24.0 Å². The van der Waals surface area contributed by atoms with E-state index in [9.17, 15) is 0 Å². The summed E-state index contributed by atoms with van der Waals surface area (Å²) in [5.41, 5.74) is 7.16. The van der Waals surface area contributed by atoms with Gasteiger partial charge in [-0.1, -0.05) is 11.6 Å². The summed E-state index contributed by atoms with van der Waals surface area (Å²) in [6.07, 6.45) is 7.28. The van der Waals surface area contributed by atoms with Crippen molar-refractivity contribution in [2.24, 2.45) is 10.7 Å². The Morgan fingerprint density at radius 2 is 2.41 bits per heavy atom. The first kappa shape index (κ1) is 11.9. The monoisotopic (exact) mass is 251 g/mol. The summed E-state index contributed by atoms with van der Waals surface area (Å²) in [7, 11) is 1.69. The first-order valence-corrected chi connectivity index (χ1v) is 5.79. The van der Waals surface area contributed by atoms with Crippen molar-refractivity contribution in [2.75, 3.05) is 7.05 Å². The number of hydrogen-bond acceptors (Lipinski definition) is 4. The van der Waals surface area contributed by atoms with Gasteiger partial charge in [0.2, 0.25) is 0 Å². The predicted octanol–water partition coefficient (Wildman–Crippen LogP) is 2.28. The number of nitrogens with zero attached hydrogens (tertiary/aromatic N) is 2. The Labute approximate surface area is 105 Å². The highest BCUT2D eigenvalue weighted by Crippen LogP contribution is 2.32. The molecule has 0 aromatic carbocycles.